The molecule has 24 heavy (non-hydrogen) atoms. The van der Waals surface area contributed by atoms with Gasteiger partial charge < -0.3 is 9.64 Å². The lowest BCUT2D eigenvalue weighted by atomic mass is 9.96. The maximum Gasteiger partial charge on any atom is 0.254 e. The number of carbonyl (C=O) groups excluding carboxylic acids is 1. The lowest BCUT2D eigenvalue weighted by Gasteiger charge is -2.13. The molecule has 0 aliphatic carbocycles. The number of fused-ring (bicyclic) bond motifs is 2. The molecule has 0 N–H and O–H groups in total. The van der Waals surface area contributed by atoms with Crippen LogP contribution in [0.25, 0.3) is 22.0 Å². The average Bonchev–Trinajstić information content (AvgIpc) is 3.27. The predicted octanol–water partition coefficient (Wildman–Crippen LogP) is 2.59. The van der Waals surface area contributed by atoms with Crippen LogP contribution in [0.5, 0.6) is 0 Å². The molecule has 1 saturated heterocycles. The Morgan fingerprint density at radius 1 is 1.25 bits per heavy atom. The van der Waals surface area contributed by atoms with E-state index in [0.717, 1.165) is 39.8 Å². The van der Waals surface area contributed by atoms with E-state index in [2.05, 4.69) is 29.4 Å². The van der Waals surface area contributed by atoms with Crippen molar-refractivity contribution >= 4 is 16.8 Å². The highest BCUT2D eigenvalue weighted by Crippen LogP contribution is 2.34. The summed E-state index contributed by atoms with van der Waals surface area (Å²) in [5.74, 6) is 0.115. The number of epoxide rings is 1. The van der Waals surface area contributed by atoms with Gasteiger partial charge >= 0.3 is 0 Å². The van der Waals surface area contributed by atoms with Gasteiger partial charge in [-0.3, -0.25) is 9.48 Å². The van der Waals surface area contributed by atoms with Crippen LogP contribution in [-0.2, 0) is 18.3 Å². The van der Waals surface area contributed by atoms with Gasteiger partial charge in [-0.15, -0.1) is 0 Å². The fraction of sp³-hybridized carbons (Fsp3) is 0.263. The summed E-state index contributed by atoms with van der Waals surface area (Å²) >= 11 is 0. The van der Waals surface area contributed by atoms with Gasteiger partial charge in [-0.25, -0.2) is 0 Å². The highest BCUT2D eigenvalue weighted by molar-refractivity contribution is 6.01. The first-order valence-electron chi connectivity index (χ1n) is 8.15. The van der Waals surface area contributed by atoms with Crippen LogP contribution in [0.1, 0.15) is 15.9 Å². The molecule has 1 amide bonds. The number of ether oxygens (including phenoxy) is 1. The summed E-state index contributed by atoms with van der Waals surface area (Å²) in [6.07, 6.45) is 2.09. The Morgan fingerprint density at radius 2 is 2.08 bits per heavy atom. The molecule has 5 heteroatoms. The van der Waals surface area contributed by atoms with Crippen LogP contribution in [0.4, 0.5) is 0 Å². The number of carbonyl (C=O) groups is 1. The number of benzene rings is 2. The van der Waals surface area contributed by atoms with E-state index in [1.54, 1.807) is 0 Å². The number of amides is 1. The largest absolute Gasteiger partial charge is 0.371 e. The molecule has 2 aliphatic heterocycles. The van der Waals surface area contributed by atoms with Gasteiger partial charge in [-0.2, -0.15) is 5.10 Å². The summed E-state index contributed by atoms with van der Waals surface area (Å²) in [6, 6.07) is 12.3. The molecule has 3 heterocycles. The molecule has 1 atom stereocenters. The third-order valence-electron chi connectivity index (χ3n) is 4.93. The summed E-state index contributed by atoms with van der Waals surface area (Å²) in [6.45, 7) is 2.12. The zero-order valence-corrected chi connectivity index (χ0v) is 13.4. The molecule has 120 valence electrons. The van der Waals surface area contributed by atoms with Crippen molar-refractivity contribution in [1.82, 2.24) is 14.7 Å². The van der Waals surface area contributed by atoms with Crippen molar-refractivity contribution in [2.45, 2.75) is 12.6 Å². The minimum absolute atomic E-state index is 0.115. The predicted molar refractivity (Wildman–Crippen MR) is 90.6 cm³/mol. The van der Waals surface area contributed by atoms with Crippen LogP contribution >= 0.6 is 0 Å². The maximum atomic E-state index is 12.6. The van der Waals surface area contributed by atoms with E-state index in [-0.39, 0.29) is 12.0 Å². The molecule has 5 nitrogen and oxygen atoms in total. The number of hydrogen-bond acceptors (Lipinski definition) is 3. The lowest BCUT2D eigenvalue weighted by molar-refractivity contribution is 0.0766. The normalized spacial score (nSPS) is 19.1. The molecular weight excluding hydrogens is 302 g/mol. The SMILES string of the molecule is Cn1ncc2ccc(-c3cccc4c3CN(C[C@H]3CO3)C4=O)cc21. The maximum absolute atomic E-state index is 12.6. The van der Waals surface area contributed by atoms with E-state index in [1.807, 2.05) is 35.0 Å². The zero-order valence-electron chi connectivity index (χ0n) is 13.4. The second kappa shape index (κ2) is 4.92. The second-order valence-electron chi connectivity index (χ2n) is 6.51. The van der Waals surface area contributed by atoms with Crippen LogP contribution in [0.15, 0.2) is 42.6 Å². The minimum Gasteiger partial charge on any atom is -0.371 e. The molecular formula is C19H17N3O2. The van der Waals surface area contributed by atoms with E-state index in [1.165, 1.54) is 0 Å². The summed E-state index contributed by atoms with van der Waals surface area (Å²) in [7, 11) is 1.95. The highest BCUT2D eigenvalue weighted by atomic mass is 16.6. The zero-order chi connectivity index (χ0) is 16.3. The van der Waals surface area contributed by atoms with Gasteiger partial charge in [-0.1, -0.05) is 24.3 Å². The third kappa shape index (κ3) is 2.05. The molecule has 2 aromatic carbocycles. The van der Waals surface area contributed by atoms with E-state index in [4.69, 9.17) is 4.74 Å². The molecule has 0 bridgehead atoms. The summed E-state index contributed by atoms with van der Waals surface area (Å²) in [5.41, 5.74) is 5.28. The number of aryl methyl sites for hydroxylation is 1. The van der Waals surface area contributed by atoms with Crippen molar-refractivity contribution in [3.8, 4) is 11.1 Å². The Kier molecular flexibility index (Phi) is 2.82. The molecule has 5 rings (SSSR count). The average molecular weight is 319 g/mol. The Hall–Kier alpha value is -2.66. The van der Waals surface area contributed by atoms with Crippen molar-refractivity contribution in [3.63, 3.8) is 0 Å². The summed E-state index contributed by atoms with van der Waals surface area (Å²) in [5, 5.41) is 5.43. The first-order chi connectivity index (χ1) is 11.7. The Morgan fingerprint density at radius 3 is 2.92 bits per heavy atom. The van der Waals surface area contributed by atoms with Crippen molar-refractivity contribution in [3.05, 3.63) is 53.7 Å². The van der Waals surface area contributed by atoms with E-state index in [0.29, 0.717) is 13.1 Å². The van der Waals surface area contributed by atoms with Gasteiger partial charge in [0.2, 0.25) is 0 Å². The molecule has 0 radical (unpaired) electrons. The van der Waals surface area contributed by atoms with E-state index < -0.39 is 0 Å². The van der Waals surface area contributed by atoms with Gasteiger partial charge in [0.25, 0.3) is 5.91 Å². The van der Waals surface area contributed by atoms with Crippen LogP contribution in [0.2, 0.25) is 0 Å². The fourth-order valence-electron chi connectivity index (χ4n) is 3.54. The van der Waals surface area contributed by atoms with Crippen molar-refractivity contribution in [2.75, 3.05) is 13.2 Å². The summed E-state index contributed by atoms with van der Waals surface area (Å²) in [4.78, 5) is 14.5. The molecule has 2 aliphatic rings. The standard InChI is InChI=1S/C19H17N3O2/c1-21-18-7-12(5-6-13(18)8-20-21)15-3-2-4-16-17(15)10-22(19(16)23)9-14-11-24-14/h2-8,14H,9-11H2,1H3/t14-/m0/s1. The Balaban J connectivity index is 1.59. The van der Waals surface area contributed by atoms with Gasteiger partial charge in [0.15, 0.2) is 0 Å². The topological polar surface area (TPSA) is 50.7 Å². The van der Waals surface area contributed by atoms with Crippen molar-refractivity contribution in [2.24, 2.45) is 7.05 Å². The Labute approximate surface area is 139 Å². The second-order valence-corrected chi connectivity index (χ2v) is 6.51. The van der Waals surface area contributed by atoms with Crippen LogP contribution in [0.3, 0.4) is 0 Å². The van der Waals surface area contributed by atoms with Gasteiger partial charge in [0.05, 0.1) is 24.4 Å². The fourth-order valence-corrected chi connectivity index (χ4v) is 3.54. The molecule has 1 aromatic heterocycles. The number of rotatable bonds is 3. The third-order valence-corrected chi connectivity index (χ3v) is 4.93. The van der Waals surface area contributed by atoms with Crippen molar-refractivity contribution in [1.29, 1.82) is 0 Å². The minimum atomic E-state index is 0.115. The van der Waals surface area contributed by atoms with Crippen molar-refractivity contribution < 1.29 is 9.53 Å². The lowest BCUT2D eigenvalue weighted by Crippen LogP contribution is -2.28. The van der Waals surface area contributed by atoms with Crippen LogP contribution in [-0.4, -0.2) is 39.8 Å². The van der Waals surface area contributed by atoms with Gasteiger partial charge in [-0.05, 0) is 28.8 Å². The van der Waals surface area contributed by atoms with Crippen LogP contribution in [0, 0.1) is 0 Å². The van der Waals surface area contributed by atoms with Gasteiger partial charge in [0.1, 0.15) is 0 Å². The highest BCUT2D eigenvalue weighted by Gasteiger charge is 2.34. The first-order valence-corrected chi connectivity index (χ1v) is 8.15. The first kappa shape index (κ1) is 13.7. The number of aromatic nitrogens is 2. The summed E-state index contributed by atoms with van der Waals surface area (Å²) < 4.78 is 7.16. The van der Waals surface area contributed by atoms with Crippen LogP contribution < -0.4 is 0 Å². The Bertz CT molecular complexity index is 972. The molecule has 0 unspecified atom stereocenters. The van der Waals surface area contributed by atoms with Gasteiger partial charge in [0, 0.05) is 31.1 Å². The number of hydrogen-bond donors (Lipinski definition) is 0. The van der Waals surface area contributed by atoms with E-state index in [9.17, 15) is 4.79 Å². The molecule has 3 aromatic rings. The quantitative estimate of drug-likeness (QED) is 0.697. The van der Waals surface area contributed by atoms with E-state index >= 15 is 0 Å². The monoisotopic (exact) mass is 319 g/mol. The smallest absolute Gasteiger partial charge is 0.254 e. The number of nitrogens with zero attached hydrogens (tertiary/aromatic N) is 3. The molecule has 1 fully saturated rings. The molecule has 0 saturated carbocycles. The molecule has 0 spiro atoms.